The fourth-order valence-corrected chi connectivity index (χ4v) is 1.51. The molecule has 0 bridgehead atoms. The fraction of sp³-hybridized carbons (Fsp3) is 0.455. The van der Waals surface area contributed by atoms with Gasteiger partial charge in [0.25, 0.3) is 0 Å². The predicted octanol–water partition coefficient (Wildman–Crippen LogP) is 3.43. The van der Waals surface area contributed by atoms with E-state index in [4.69, 9.17) is 4.74 Å². The smallest absolute Gasteiger partial charge is 0.445 e. The molecule has 16 heavy (non-hydrogen) atoms. The van der Waals surface area contributed by atoms with Gasteiger partial charge in [0.05, 0.1) is 0 Å². The van der Waals surface area contributed by atoms with Crippen molar-refractivity contribution in [2.75, 3.05) is 0 Å². The van der Waals surface area contributed by atoms with Crippen molar-refractivity contribution < 1.29 is 22.6 Å². The monoisotopic (exact) mass is 232 g/mol. The van der Waals surface area contributed by atoms with Gasteiger partial charge in [-0.3, -0.25) is 0 Å². The van der Waals surface area contributed by atoms with E-state index in [1.165, 1.54) is 19.1 Å². The summed E-state index contributed by atoms with van der Waals surface area (Å²) in [4.78, 5) is 0. The summed E-state index contributed by atoms with van der Waals surface area (Å²) in [5.74, 6) is -3.23. The summed E-state index contributed by atoms with van der Waals surface area (Å²) in [6, 6.07) is 4.45. The van der Waals surface area contributed by atoms with Crippen LogP contribution in [-0.2, 0) is 0 Å². The second kappa shape index (κ2) is 3.30. The van der Waals surface area contributed by atoms with Crippen LogP contribution in [0.5, 0.6) is 11.5 Å². The van der Waals surface area contributed by atoms with Gasteiger partial charge in [-0.25, -0.2) is 0 Å². The third kappa shape index (κ3) is 1.50. The maximum absolute atomic E-state index is 13.8. The van der Waals surface area contributed by atoms with E-state index in [0.29, 0.717) is 0 Å². The van der Waals surface area contributed by atoms with Crippen LogP contribution in [0.15, 0.2) is 18.2 Å². The first-order valence-electron chi connectivity index (χ1n) is 4.93. The van der Waals surface area contributed by atoms with Gasteiger partial charge in [0.1, 0.15) is 0 Å². The third-order valence-corrected chi connectivity index (χ3v) is 2.50. The van der Waals surface area contributed by atoms with Crippen LogP contribution in [-0.4, -0.2) is 12.0 Å². The van der Waals surface area contributed by atoms with Gasteiger partial charge in [-0.15, -0.1) is 0 Å². The van der Waals surface area contributed by atoms with Crippen LogP contribution in [0.1, 0.15) is 18.9 Å². The molecule has 88 valence electrons. The Labute approximate surface area is 91.0 Å². The molecule has 0 aliphatic carbocycles. The molecule has 2 nitrogen and oxygen atoms in total. The van der Waals surface area contributed by atoms with E-state index < -0.39 is 18.4 Å². The Bertz CT molecular complexity index is 420. The average Bonchev–Trinajstić information content (AvgIpc) is 2.20. The van der Waals surface area contributed by atoms with Gasteiger partial charge in [-0.2, -0.15) is 13.2 Å². The predicted molar refractivity (Wildman–Crippen MR) is 51.5 cm³/mol. The van der Waals surface area contributed by atoms with Crippen molar-refractivity contribution in [3.05, 3.63) is 23.8 Å². The molecule has 1 aliphatic heterocycles. The maximum Gasteiger partial charge on any atom is 0.471 e. The molecule has 1 aromatic rings. The highest BCUT2D eigenvalue weighted by Crippen LogP contribution is 2.47. The third-order valence-electron chi connectivity index (χ3n) is 2.50. The Hall–Kier alpha value is -1.39. The van der Waals surface area contributed by atoms with E-state index in [-0.39, 0.29) is 11.5 Å². The molecule has 0 N–H and O–H groups in total. The Balaban J connectivity index is 2.46. The summed E-state index contributed by atoms with van der Waals surface area (Å²) in [6.07, 6.45) is -4.46. The minimum Gasteiger partial charge on any atom is -0.445 e. The average molecular weight is 232 g/mol. The molecule has 0 amide bonds. The molecule has 0 saturated carbocycles. The van der Waals surface area contributed by atoms with Gasteiger partial charge in [-0.05, 0) is 24.6 Å². The Morgan fingerprint density at radius 2 is 1.81 bits per heavy atom. The maximum atomic E-state index is 13.8. The van der Waals surface area contributed by atoms with Crippen molar-refractivity contribution in [2.24, 2.45) is 0 Å². The summed E-state index contributed by atoms with van der Waals surface area (Å²) in [5, 5.41) is 0. The molecule has 0 radical (unpaired) electrons. The number of fused-ring (bicyclic) bond motifs is 1. The molecule has 0 spiro atoms. The van der Waals surface area contributed by atoms with Crippen molar-refractivity contribution >= 4 is 0 Å². The number of hydrogen-bond acceptors (Lipinski definition) is 2. The first kappa shape index (κ1) is 11.1. The van der Waals surface area contributed by atoms with E-state index >= 15 is 0 Å². The Morgan fingerprint density at radius 1 is 1.12 bits per heavy atom. The van der Waals surface area contributed by atoms with E-state index in [2.05, 4.69) is 4.74 Å². The second-order valence-electron chi connectivity index (χ2n) is 3.75. The van der Waals surface area contributed by atoms with E-state index in [9.17, 15) is 13.2 Å². The first-order valence-corrected chi connectivity index (χ1v) is 4.93. The lowest BCUT2D eigenvalue weighted by Crippen LogP contribution is -2.54. The number of halogens is 3. The summed E-state index contributed by atoms with van der Waals surface area (Å²) in [6.45, 7) is 3.00. The minimum absolute atomic E-state index is 0.000810. The van der Waals surface area contributed by atoms with Crippen molar-refractivity contribution in [3.63, 3.8) is 0 Å². The van der Waals surface area contributed by atoms with Gasteiger partial charge in [-0.1, -0.05) is 13.0 Å². The molecule has 1 aromatic carbocycles. The fourth-order valence-electron chi connectivity index (χ4n) is 1.51. The number of benzene rings is 1. The highest BCUT2D eigenvalue weighted by molar-refractivity contribution is 5.44. The normalized spacial score (nSPS) is 26.6. The summed E-state index contributed by atoms with van der Waals surface area (Å²) in [7, 11) is 0. The van der Waals surface area contributed by atoms with Crippen LogP contribution >= 0.6 is 0 Å². The number of rotatable bonds is 1. The van der Waals surface area contributed by atoms with Crippen LogP contribution < -0.4 is 9.47 Å². The number of hydrogen-bond donors (Lipinski definition) is 0. The van der Waals surface area contributed by atoms with Gasteiger partial charge in [0.15, 0.2) is 11.5 Å². The molecular formula is C11H11F3O2. The highest BCUT2D eigenvalue weighted by Gasteiger charge is 2.62. The van der Waals surface area contributed by atoms with Crippen LogP contribution in [0.4, 0.5) is 13.2 Å². The number of aryl methyl sites for hydroxylation is 1. The quantitative estimate of drug-likeness (QED) is 0.738. The van der Waals surface area contributed by atoms with E-state index in [1.807, 2.05) is 0 Å². The molecule has 1 atom stereocenters. The first-order chi connectivity index (χ1) is 7.38. The molecule has 1 heterocycles. The van der Waals surface area contributed by atoms with Crippen LogP contribution in [0.25, 0.3) is 0 Å². The minimum atomic E-state index is -3.97. The lowest BCUT2D eigenvalue weighted by molar-refractivity contribution is -0.340. The highest BCUT2D eigenvalue weighted by atomic mass is 19.3. The van der Waals surface area contributed by atoms with Crippen LogP contribution in [0, 0.1) is 6.92 Å². The summed E-state index contributed by atoms with van der Waals surface area (Å²) < 4.78 is 49.5. The van der Waals surface area contributed by atoms with Crippen LogP contribution in [0.2, 0.25) is 0 Å². The molecule has 0 aromatic heterocycles. The molecule has 0 saturated heterocycles. The second-order valence-corrected chi connectivity index (χ2v) is 3.75. The van der Waals surface area contributed by atoms with E-state index in [0.717, 1.165) is 5.56 Å². The standard InChI is InChI=1S/C11H11F3O2/c1-3-10(12)11(13,14)16-9-6-7(2)4-5-8(9)15-10/h4-6H,3H2,1-2H3. The van der Waals surface area contributed by atoms with Gasteiger partial charge in [0, 0.05) is 6.42 Å². The summed E-state index contributed by atoms with van der Waals surface area (Å²) in [5.41, 5.74) is 0.737. The Morgan fingerprint density at radius 3 is 2.44 bits per heavy atom. The van der Waals surface area contributed by atoms with Crippen LogP contribution in [0.3, 0.4) is 0 Å². The molecule has 1 unspecified atom stereocenters. The zero-order valence-corrected chi connectivity index (χ0v) is 8.89. The molecular weight excluding hydrogens is 221 g/mol. The summed E-state index contributed by atoms with van der Waals surface area (Å²) >= 11 is 0. The van der Waals surface area contributed by atoms with E-state index in [1.54, 1.807) is 13.0 Å². The molecule has 5 heteroatoms. The van der Waals surface area contributed by atoms with Gasteiger partial charge < -0.3 is 9.47 Å². The van der Waals surface area contributed by atoms with Gasteiger partial charge in [0.2, 0.25) is 0 Å². The zero-order chi connectivity index (χ0) is 12.0. The Kier molecular flexibility index (Phi) is 2.29. The number of ether oxygens (including phenoxy) is 2. The molecule has 2 rings (SSSR count). The molecule has 0 fully saturated rings. The topological polar surface area (TPSA) is 18.5 Å². The lowest BCUT2D eigenvalue weighted by atomic mass is 10.1. The largest absolute Gasteiger partial charge is 0.471 e. The van der Waals surface area contributed by atoms with Crippen molar-refractivity contribution in [1.82, 2.24) is 0 Å². The number of alkyl halides is 3. The van der Waals surface area contributed by atoms with Gasteiger partial charge >= 0.3 is 12.0 Å². The SMILES string of the molecule is CCC1(F)Oc2ccc(C)cc2OC1(F)F. The van der Waals surface area contributed by atoms with Crippen molar-refractivity contribution in [3.8, 4) is 11.5 Å². The van der Waals surface area contributed by atoms with Crippen molar-refractivity contribution in [1.29, 1.82) is 0 Å². The lowest BCUT2D eigenvalue weighted by Gasteiger charge is -2.37. The van der Waals surface area contributed by atoms with Crippen molar-refractivity contribution in [2.45, 2.75) is 32.2 Å². The molecule has 1 aliphatic rings. The zero-order valence-electron chi connectivity index (χ0n) is 8.89.